The molecule has 29 heavy (non-hydrogen) atoms. The SMILES string of the molecule is COc1ccc(CCNC(=O)C2C3C(=O)N(C4CCCC4)C[C@@]34C=C[C@H]2O4)cc1. The van der Waals surface area contributed by atoms with Crippen LogP contribution in [0.2, 0.25) is 0 Å². The van der Waals surface area contributed by atoms with E-state index in [2.05, 4.69) is 5.32 Å². The van der Waals surface area contributed by atoms with Crippen LogP contribution >= 0.6 is 0 Å². The van der Waals surface area contributed by atoms with E-state index in [9.17, 15) is 9.59 Å². The predicted octanol–water partition coefficient (Wildman–Crippen LogP) is 2.08. The highest BCUT2D eigenvalue weighted by Crippen LogP contribution is 2.52. The van der Waals surface area contributed by atoms with Crippen LogP contribution in [0.1, 0.15) is 31.2 Å². The molecule has 1 aliphatic carbocycles. The molecule has 5 rings (SSSR count). The third-order valence-electron chi connectivity index (χ3n) is 7.07. The van der Waals surface area contributed by atoms with Gasteiger partial charge in [-0.2, -0.15) is 0 Å². The molecule has 1 saturated carbocycles. The number of fused-ring (bicyclic) bond motifs is 1. The lowest BCUT2D eigenvalue weighted by Gasteiger charge is -2.27. The Labute approximate surface area is 171 Å². The fourth-order valence-electron chi connectivity index (χ4n) is 5.59. The molecule has 1 N–H and O–H groups in total. The summed E-state index contributed by atoms with van der Waals surface area (Å²) in [6.07, 6.45) is 8.98. The van der Waals surface area contributed by atoms with Gasteiger partial charge in [-0.25, -0.2) is 0 Å². The van der Waals surface area contributed by atoms with Crippen LogP contribution in [0.4, 0.5) is 0 Å². The Morgan fingerprint density at radius 2 is 2.03 bits per heavy atom. The van der Waals surface area contributed by atoms with Crippen molar-refractivity contribution < 1.29 is 19.1 Å². The molecular formula is C23H28N2O4. The highest BCUT2D eigenvalue weighted by atomic mass is 16.5. The third-order valence-corrected chi connectivity index (χ3v) is 7.07. The van der Waals surface area contributed by atoms with E-state index in [1.807, 2.05) is 41.3 Å². The molecule has 2 saturated heterocycles. The van der Waals surface area contributed by atoms with Crippen LogP contribution in [0.3, 0.4) is 0 Å². The molecule has 4 atom stereocenters. The minimum Gasteiger partial charge on any atom is -0.497 e. The molecule has 6 heteroatoms. The highest BCUT2D eigenvalue weighted by molar-refractivity contribution is 5.93. The van der Waals surface area contributed by atoms with E-state index in [0.29, 0.717) is 19.1 Å². The Balaban J connectivity index is 1.24. The standard InChI is InChI=1S/C23H28N2O4/c1-28-17-8-6-15(7-9-17)11-13-24-21(26)19-18-10-12-23(29-18)14-25(22(27)20(19)23)16-4-2-3-5-16/h6-10,12,16,18-20H,2-5,11,13-14H2,1H3,(H,24,26)/t18-,19?,20?,23+/m1/s1. The van der Waals surface area contributed by atoms with Gasteiger partial charge in [-0.05, 0) is 37.0 Å². The summed E-state index contributed by atoms with van der Waals surface area (Å²) in [5.74, 6) is 0.0647. The lowest BCUT2D eigenvalue weighted by Crippen LogP contribution is -2.45. The number of carbonyl (C=O) groups is 2. The van der Waals surface area contributed by atoms with Gasteiger partial charge in [0.05, 0.1) is 31.6 Å². The summed E-state index contributed by atoms with van der Waals surface area (Å²) in [6.45, 7) is 1.14. The maximum Gasteiger partial charge on any atom is 0.230 e. The van der Waals surface area contributed by atoms with Crippen molar-refractivity contribution in [3.8, 4) is 5.75 Å². The number of carbonyl (C=O) groups excluding carboxylic acids is 2. The van der Waals surface area contributed by atoms with Crippen LogP contribution in [-0.2, 0) is 20.7 Å². The first-order valence-corrected chi connectivity index (χ1v) is 10.7. The average Bonchev–Trinajstić information content (AvgIpc) is 3.50. The first kappa shape index (κ1) is 18.7. The average molecular weight is 396 g/mol. The lowest BCUT2D eigenvalue weighted by atomic mass is 9.77. The minimum absolute atomic E-state index is 0.0682. The lowest BCUT2D eigenvalue weighted by molar-refractivity contribution is -0.138. The topological polar surface area (TPSA) is 67.9 Å². The number of benzene rings is 1. The molecule has 154 valence electrons. The number of hydrogen-bond donors (Lipinski definition) is 1. The molecule has 2 unspecified atom stereocenters. The molecule has 3 fully saturated rings. The van der Waals surface area contributed by atoms with E-state index in [1.165, 1.54) is 12.8 Å². The third kappa shape index (κ3) is 3.05. The van der Waals surface area contributed by atoms with Gasteiger partial charge in [0, 0.05) is 12.6 Å². The van der Waals surface area contributed by atoms with Gasteiger partial charge in [-0.3, -0.25) is 9.59 Å². The van der Waals surface area contributed by atoms with E-state index < -0.39 is 11.5 Å². The summed E-state index contributed by atoms with van der Waals surface area (Å²) in [5.41, 5.74) is 0.540. The number of hydrogen-bond acceptors (Lipinski definition) is 4. The van der Waals surface area contributed by atoms with E-state index in [-0.39, 0.29) is 23.8 Å². The van der Waals surface area contributed by atoms with Crippen molar-refractivity contribution >= 4 is 11.8 Å². The van der Waals surface area contributed by atoms with Crippen LogP contribution in [0.25, 0.3) is 0 Å². The van der Waals surface area contributed by atoms with Gasteiger partial charge >= 0.3 is 0 Å². The number of amides is 2. The van der Waals surface area contributed by atoms with Crippen molar-refractivity contribution in [2.75, 3.05) is 20.2 Å². The second-order valence-corrected chi connectivity index (χ2v) is 8.69. The minimum atomic E-state index is -0.595. The number of nitrogens with zero attached hydrogens (tertiary/aromatic N) is 1. The van der Waals surface area contributed by atoms with Gasteiger partial charge in [0.2, 0.25) is 11.8 Å². The molecule has 3 aliphatic heterocycles. The van der Waals surface area contributed by atoms with E-state index in [0.717, 1.165) is 30.6 Å². The summed E-state index contributed by atoms with van der Waals surface area (Å²) in [4.78, 5) is 28.3. The van der Waals surface area contributed by atoms with Gasteiger partial charge in [-0.15, -0.1) is 0 Å². The number of likely N-dealkylation sites (tertiary alicyclic amines) is 1. The van der Waals surface area contributed by atoms with Crippen molar-refractivity contribution in [1.29, 1.82) is 0 Å². The summed E-state index contributed by atoms with van der Waals surface area (Å²) in [5, 5.41) is 3.05. The predicted molar refractivity (Wildman–Crippen MR) is 107 cm³/mol. The zero-order valence-corrected chi connectivity index (χ0v) is 16.8. The van der Waals surface area contributed by atoms with Crippen LogP contribution in [0.5, 0.6) is 5.75 Å². The van der Waals surface area contributed by atoms with Gasteiger partial charge in [0.25, 0.3) is 0 Å². The molecule has 1 aromatic rings. The fraction of sp³-hybridized carbons (Fsp3) is 0.565. The Kier molecular flexibility index (Phi) is 4.62. The molecule has 6 nitrogen and oxygen atoms in total. The van der Waals surface area contributed by atoms with Crippen LogP contribution in [-0.4, -0.2) is 54.7 Å². The van der Waals surface area contributed by atoms with Gasteiger partial charge in [-0.1, -0.05) is 37.1 Å². The largest absolute Gasteiger partial charge is 0.497 e. The molecule has 0 aromatic heterocycles. The molecule has 0 radical (unpaired) electrons. The summed E-state index contributed by atoms with van der Waals surface area (Å²) < 4.78 is 11.4. The Morgan fingerprint density at radius 1 is 1.28 bits per heavy atom. The summed E-state index contributed by atoms with van der Waals surface area (Å²) in [6, 6.07) is 8.17. The van der Waals surface area contributed by atoms with Gasteiger partial charge in [0.1, 0.15) is 11.4 Å². The number of methoxy groups -OCH3 is 1. The van der Waals surface area contributed by atoms with Crippen molar-refractivity contribution in [3.05, 3.63) is 42.0 Å². The number of ether oxygens (including phenoxy) is 2. The normalized spacial score (nSPS) is 32.8. The van der Waals surface area contributed by atoms with Crippen molar-refractivity contribution in [3.63, 3.8) is 0 Å². The number of rotatable bonds is 6. The maximum atomic E-state index is 13.2. The quantitative estimate of drug-likeness (QED) is 0.748. The number of nitrogens with one attached hydrogen (secondary N) is 1. The van der Waals surface area contributed by atoms with Crippen LogP contribution in [0, 0.1) is 11.8 Å². The Morgan fingerprint density at radius 3 is 2.76 bits per heavy atom. The van der Waals surface area contributed by atoms with Crippen molar-refractivity contribution in [1.82, 2.24) is 10.2 Å². The molecule has 4 aliphatic rings. The highest BCUT2D eigenvalue weighted by Gasteiger charge is 2.67. The summed E-state index contributed by atoms with van der Waals surface area (Å²) >= 11 is 0. The molecule has 2 bridgehead atoms. The van der Waals surface area contributed by atoms with Crippen LogP contribution in [0.15, 0.2) is 36.4 Å². The van der Waals surface area contributed by atoms with E-state index >= 15 is 0 Å². The first-order valence-electron chi connectivity index (χ1n) is 10.7. The monoisotopic (exact) mass is 396 g/mol. The smallest absolute Gasteiger partial charge is 0.230 e. The van der Waals surface area contributed by atoms with E-state index in [4.69, 9.17) is 9.47 Å². The Hall–Kier alpha value is -2.34. The first-order chi connectivity index (χ1) is 14.1. The second-order valence-electron chi connectivity index (χ2n) is 8.69. The van der Waals surface area contributed by atoms with Gasteiger partial charge < -0.3 is 19.7 Å². The zero-order valence-electron chi connectivity index (χ0n) is 16.8. The fourth-order valence-corrected chi connectivity index (χ4v) is 5.59. The Bertz CT molecular complexity index is 830. The zero-order chi connectivity index (χ0) is 20.0. The molecule has 2 amide bonds. The van der Waals surface area contributed by atoms with Gasteiger partial charge in [0.15, 0.2) is 0 Å². The summed E-state index contributed by atoms with van der Waals surface area (Å²) in [7, 11) is 1.64. The van der Waals surface area contributed by atoms with Crippen molar-refractivity contribution in [2.45, 2.75) is 49.9 Å². The molecule has 1 spiro atoms. The molecule has 3 heterocycles. The molecular weight excluding hydrogens is 368 g/mol. The maximum absolute atomic E-state index is 13.2. The van der Waals surface area contributed by atoms with E-state index in [1.54, 1.807) is 7.11 Å². The van der Waals surface area contributed by atoms with Crippen LogP contribution < -0.4 is 10.1 Å². The second kappa shape index (κ2) is 7.17. The molecule has 1 aromatic carbocycles. The van der Waals surface area contributed by atoms with Crippen molar-refractivity contribution in [2.24, 2.45) is 11.8 Å².